The number of halogens is 1. The molecule has 0 spiro atoms. The fourth-order valence-corrected chi connectivity index (χ4v) is 3.56. The predicted octanol–water partition coefficient (Wildman–Crippen LogP) is 3.90. The first-order valence-corrected chi connectivity index (χ1v) is 10.1. The van der Waals surface area contributed by atoms with Crippen LogP contribution >= 0.6 is 11.6 Å². The fourth-order valence-electron chi connectivity index (χ4n) is 3.37. The number of nitrogens with zero attached hydrogens (tertiary/aromatic N) is 2. The molecule has 2 heterocycles. The van der Waals surface area contributed by atoms with E-state index in [0.29, 0.717) is 22.1 Å². The minimum Gasteiger partial charge on any atom is -0.462 e. The SMILES string of the molecule is CCOC(=O)c1ccc(NC(=O)CC2C(=O)Nc3c(-c4cccc(Cl)c4)cnn32)cc1. The average Bonchev–Trinajstić information content (AvgIpc) is 3.28. The first-order chi connectivity index (χ1) is 15.0. The van der Waals surface area contributed by atoms with Gasteiger partial charge < -0.3 is 15.4 Å². The topological polar surface area (TPSA) is 102 Å². The number of anilines is 2. The Morgan fingerprint density at radius 3 is 2.71 bits per heavy atom. The Balaban J connectivity index is 1.45. The number of ether oxygens (including phenoxy) is 1. The van der Waals surface area contributed by atoms with E-state index in [1.54, 1.807) is 49.5 Å². The van der Waals surface area contributed by atoms with Gasteiger partial charge in [-0.05, 0) is 48.9 Å². The molecular weight excluding hydrogens is 420 g/mol. The lowest BCUT2D eigenvalue weighted by molar-refractivity contribution is -0.123. The van der Waals surface area contributed by atoms with Crippen molar-refractivity contribution in [2.24, 2.45) is 0 Å². The van der Waals surface area contributed by atoms with Crippen LogP contribution in [0.25, 0.3) is 11.1 Å². The normalized spacial score (nSPS) is 14.6. The van der Waals surface area contributed by atoms with E-state index in [9.17, 15) is 14.4 Å². The van der Waals surface area contributed by atoms with Crippen LogP contribution in [0, 0.1) is 0 Å². The van der Waals surface area contributed by atoms with Gasteiger partial charge in [-0.3, -0.25) is 9.59 Å². The number of carbonyl (C=O) groups is 3. The molecule has 1 aliphatic heterocycles. The smallest absolute Gasteiger partial charge is 0.338 e. The molecule has 1 atom stereocenters. The third kappa shape index (κ3) is 4.29. The van der Waals surface area contributed by atoms with Crippen LogP contribution < -0.4 is 10.6 Å². The van der Waals surface area contributed by atoms with Crippen molar-refractivity contribution in [1.29, 1.82) is 0 Å². The van der Waals surface area contributed by atoms with Crippen LogP contribution in [0.2, 0.25) is 5.02 Å². The van der Waals surface area contributed by atoms with Crippen molar-refractivity contribution in [2.45, 2.75) is 19.4 Å². The van der Waals surface area contributed by atoms with Crippen LogP contribution in [0.1, 0.15) is 29.7 Å². The van der Waals surface area contributed by atoms with Crippen molar-refractivity contribution in [3.8, 4) is 11.1 Å². The Hall–Kier alpha value is -3.65. The van der Waals surface area contributed by atoms with Crippen LogP contribution in [0.4, 0.5) is 11.5 Å². The number of amides is 2. The third-order valence-electron chi connectivity index (χ3n) is 4.83. The van der Waals surface area contributed by atoms with Gasteiger partial charge in [0.15, 0.2) is 0 Å². The summed E-state index contributed by atoms with van der Waals surface area (Å²) >= 11 is 6.07. The number of benzene rings is 2. The second kappa shape index (κ2) is 8.61. The summed E-state index contributed by atoms with van der Waals surface area (Å²) in [5.41, 5.74) is 2.45. The van der Waals surface area contributed by atoms with E-state index in [1.807, 2.05) is 12.1 Å². The highest BCUT2D eigenvalue weighted by atomic mass is 35.5. The number of rotatable bonds is 6. The molecule has 31 heavy (non-hydrogen) atoms. The Kier molecular flexibility index (Phi) is 5.73. The summed E-state index contributed by atoms with van der Waals surface area (Å²) in [5.74, 6) is -0.551. The number of esters is 1. The van der Waals surface area contributed by atoms with Gasteiger partial charge in [-0.15, -0.1) is 0 Å². The molecule has 2 amide bonds. The zero-order valence-corrected chi connectivity index (χ0v) is 17.3. The summed E-state index contributed by atoms with van der Waals surface area (Å²) < 4.78 is 6.45. The zero-order chi connectivity index (χ0) is 22.0. The second-order valence-corrected chi connectivity index (χ2v) is 7.35. The molecule has 0 saturated carbocycles. The van der Waals surface area contributed by atoms with Crippen molar-refractivity contribution < 1.29 is 19.1 Å². The van der Waals surface area contributed by atoms with Crippen LogP contribution in [0.3, 0.4) is 0 Å². The van der Waals surface area contributed by atoms with E-state index in [-0.39, 0.29) is 24.8 Å². The third-order valence-corrected chi connectivity index (χ3v) is 5.06. The van der Waals surface area contributed by atoms with Gasteiger partial charge in [-0.2, -0.15) is 5.10 Å². The summed E-state index contributed by atoms with van der Waals surface area (Å²) in [6.45, 7) is 2.02. The van der Waals surface area contributed by atoms with Gasteiger partial charge in [0.1, 0.15) is 11.9 Å². The lowest BCUT2D eigenvalue weighted by Gasteiger charge is -2.10. The van der Waals surface area contributed by atoms with E-state index in [0.717, 1.165) is 11.1 Å². The van der Waals surface area contributed by atoms with Gasteiger partial charge in [0.05, 0.1) is 24.8 Å². The highest BCUT2D eigenvalue weighted by Gasteiger charge is 2.35. The Morgan fingerprint density at radius 2 is 2.00 bits per heavy atom. The molecule has 1 unspecified atom stereocenters. The van der Waals surface area contributed by atoms with Crippen LogP contribution in [-0.2, 0) is 14.3 Å². The standard InChI is InChI=1S/C22H19ClN4O4/c1-2-31-22(30)13-6-8-16(9-7-13)25-19(28)11-18-21(29)26-20-17(12-24-27(18)20)14-4-3-5-15(23)10-14/h3-10,12,18H,2,11H2,1H3,(H,25,28)(H,26,29). The predicted molar refractivity (Wildman–Crippen MR) is 116 cm³/mol. The van der Waals surface area contributed by atoms with Crippen molar-refractivity contribution in [2.75, 3.05) is 17.2 Å². The largest absolute Gasteiger partial charge is 0.462 e. The molecule has 3 aromatic rings. The van der Waals surface area contributed by atoms with Gasteiger partial charge in [0, 0.05) is 16.3 Å². The van der Waals surface area contributed by atoms with Crippen LogP contribution in [-0.4, -0.2) is 34.2 Å². The minimum atomic E-state index is -0.762. The Bertz CT molecular complexity index is 1160. The maximum Gasteiger partial charge on any atom is 0.338 e. The highest BCUT2D eigenvalue weighted by molar-refractivity contribution is 6.30. The summed E-state index contributed by atoms with van der Waals surface area (Å²) in [5, 5.41) is 10.4. The first kappa shape index (κ1) is 20.6. The molecule has 2 N–H and O–H groups in total. The van der Waals surface area contributed by atoms with Gasteiger partial charge in [-0.25, -0.2) is 9.48 Å². The molecule has 1 aliphatic rings. The molecule has 0 saturated heterocycles. The lowest BCUT2D eigenvalue weighted by atomic mass is 10.1. The molecular formula is C22H19ClN4O4. The number of hydrogen-bond donors (Lipinski definition) is 2. The monoisotopic (exact) mass is 438 g/mol. The van der Waals surface area contributed by atoms with E-state index in [1.165, 1.54) is 4.68 Å². The van der Waals surface area contributed by atoms with Crippen molar-refractivity contribution in [3.63, 3.8) is 0 Å². The zero-order valence-electron chi connectivity index (χ0n) is 16.6. The van der Waals surface area contributed by atoms with Crippen molar-refractivity contribution in [1.82, 2.24) is 9.78 Å². The number of aromatic nitrogens is 2. The van der Waals surface area contributed by atoms with Crippen molar-refractivity contribution in [3.05, 3.63) is 65.3 Å². The Labute approximate surface area is 183 Å². The molecule has 0 radical (unpaired) electrons. The molecule has 0 bridgehead atoms. The highest BCUT2D eigenvalue weighted by Crippen LogP contribution is 2.36. The molecule has 0 fully saturated rings. The molecule has 9 heteroatoms. The van der Waals surface area contributed by atoms with E-state index >= 15 is 0 Å². The molecule has 1 aromatic heterocycles. The maximum atomic E-state index is 12.5. The second-order valence-electron chi connectivity index (χ2n) is 6.92. The quantitative estimate of drug-likeness (QED) is 0.568. The fraction of sp³-hybridized carbons (Fsp3) is 0.182. The molecule has 158 valence electrons. The molecule has 2 aromatic carbocycles. The summed E-state index contributed by atoms with van der Waals surface area (Å²) in [7, 11) is 0. The van der Waals surface area contributed by atoms with E-state index < -0.39 is 12.0 Å². The average molecular weight is 439 g/mol. The first-order valence-electron chi connectivity index (χ1n) is 9.67. The van der Waals surface area contributed by atoms with Gasteiger partial charge in [0.2, 0.25) is 5.91 Å². The number of carbonyl (C=O) groups excluding carboxylic acids is 3. The van der Waals surface area contributed by atoms with Gasteiger partial charge in [-0.1, -0.05) is 23.7 Å². The maximum absolute atomic E-state index is 12.5. The van der Waals surface area contributed by atoms with Crippen LogP contribution in [0.15, 0.2) is 54.7 Å². The van der Waals surface area contributed by atoms with Crippen LogP contribution in [0.5, 0.6) is 0 Å². The van der Waals surface area contributed by atoms with E-state index in [2.05, 4.69) is 15.7 Å². The van der Waals surface area contributed by atoms with Gasteiger partial charge >= 0.3 is 5.97 Å². The molecule has 4 rings (SSSR count). The summed E-state index contributed by atoms with van der Waals surface area (Å²) in [4.78, 5) is 36.7. The number of nitrogens with one attached hydrogen (secondary N) is 2. The minimum absolute atomic E-state index is 0.0882. The Morgan fingerprint density at radius 1 is 1.23 bits per heavy atom. The van der Waals surface area contributed by atoms with Gasteiger partial charge in [0.25, 0.3) is 5.91 Å². The molecule has 8 nitrogen and oxygen atoms in total. The number of hydrogen-bond acceptors (Lipinski definition) is 5. The number of fused-ring (bicyclic) bond motifs is 1. The molecule has 0 aliphatic carbocycles. The van der Waals surface area contributed by atoms with Crippen molar-refractivity contribution >= 4 is 40.9 Å². The lowest BCUT2D eigenvalue weighted by Crippen LogP contribution is -2.23. The summed E-state index contributed by atoms with van der Waals surface area (Å²) in [6, 6.07) is 12.8. The summed E-state index contributed by atoms with van der Waals surface area (Å²) in [6.07, 6.45) is 1.55. The van der Waals surface area contributed by atoms with E-state index in [4.69, 9.17) is 16.3 Å².